The largest absolute Gasteiger partial charge is 0.431 e. The Bertz CT molecular complexity index is 829. The van der Waals surface area contributed by atoms with E-state index in [9.17, 15) is 20.1 Å². The average Bonchev–Trinajstić information content (AvgIpc) is 2.95. The molecule has 1 unspecified atom stereocenters. The Balaban J connectivity index is 1.50. The fraction of sp³-hybridized carbons (Fsp3) is 0.792. The Morgan fingerprint density at radius 2 is 1.79 bits per heavy atom. The molecule has 29 heavy (non-hydrogen) atoms. The third-order valence-electron chi connectivity index (χ3n) is 10.0. The van der Waals surface area contributed by atoms with Gasteiger partial charge in [-0.2, -0.15) is 0 Å². The molecule has 1 aromatic heterocycles. The highest BCUT2D eigenvalue weighted by molar-refractivity contribution is 5.27. The van der Waals surface area contributed by atoms with E-state index >= 15 is 0 Å². The summed E-state index contributed by atoms with van der Waals surface area (Å²) < 4.78 is 5.15. The topological polar surface area (TPSA) is 90.9 Å². The summed E-state index contributed by atoms with van der Waals surface area (Å²) in [5, 5.41) is 33.4. The van der Waals surface area contributed by atoms with Crippen LogP contribution in [0.15, 0.2) is 27.6 Å². The third-order valence-corrected chi connectivity index (χ3v) is 10.0. The number of fused-ring (bicyclic) bond motifs is 5. The van der Waals surface area contributed by atoms with E-state index in [4.69, 9.17) is 4.42 Å². The Labute approximate surface area is 172 Å². The summed E-state index contributed by atoms with van der Waals surface area (Å²) in [4.78, 5) is 11.4. The van der Waals surface area contributed by atoms with Crippen molar-refractivity contribution in [1.82, 2.24) is 0 Å². The smallest absolute Gasteiger partial charge is 0.335 e. The van der Waals surface area contributed by atoms with Gasteiger partial charge in [0.15, 0.2) is 0 Å². The molecule has 3 N–H and O–H groups in total. The molecule has 1 aromatic rings. The van der Waals surface area contributed by atoms with E-state index in [1.807, 2.05) is 6.07 Å². The lowest BCUT2D eigenvalue weighted by molar-refractivity contribution is -0.229. The van der Waals surface area contributed by atoms with E-state index in [-0.39, 0.29) is 34.2 Å². The molecule has 0 aliphatic heterocycles. The van der Waals surface area contributed by atoms with Gasteiger partial charge >= 0.3 is 5.63 Å². The summed E-state index contributed by atoms with van der Waals surface area (Å²) in [5.74, 6) is 0.972. The highest BCUT2D eigenvalue weighted by atomic mass is 16.4. The molecule has 0 aromatic carbocycles. The number of aliphatic hydroxyl groups is 3. The first kappa shape index (κ1) is 19.8. The van der Waals surface area contributed by atoms with Crippen molar-refractivity contribution < 1.29 is 19.7 Å². The van der Waals surface area contributed by atoms with Gasteiger partial charge in [-0.3, -0.25) is 0 Å². The highest BCUT2D eigenvalue weighted by Gasteiger charge is 2.68. The van der Waals surface area contributed by atoms with Gasteiger partial charge in [-0.1, -0.05) is 13.8 Å². The molecule has 5 nitrogen and oxygen atoms in total. The van der Waals surface area contributed by atoms with Crippen molar-refractivity contribution in [2.75, 3.05) is 0 Å². The maximum absolute atomic E-state index is 12.2. The molecule has 1 heterocycles. The van der Waals surface area contributed by atoms with Gasteiger partial charge in [0.25, 0.3) is 0 Å². The van der Waals surface area contributed by atoms with Gasteiger partial charge in [-0.05, 0) is 92.1 Å². The van der Waals surface area contributed by atoms with E-state index in [0.717, 1.165) is 50.5 Å². The monoisotopic (exact) mass is 402 g/mol. The second-order valence-electron chi connectivity index (χ2n) is 10.9. The summed E-state index contributed by atoms with van der Waals surface area (Å²) >= 11 is 0. The number of rotatable bonds is 1. The lowest BCUT2D eigenvalue weighted by Crippen LogP contribution is -2.64. The van der Waals surface area contributed by atoms with Crippen molar-refractivity contribution in [2.45, 2.75) is 88.9 Å². The Morgan fingerprint density at radius 3 is 2.52 bits per heavy atom. The van der Waals surface area contributed by atoms with Crippen molar-refractivity contribution >= 4 is 0 Å². The number of hydrogen-bond acceptors (Lipinski definition) is 5. The Hall–Kier alpha value is -1.17. The molecule has 5 rings (SSSR count). The number of hydrogen-bond donors (Lipinski definition) is 3. The molecule has 0 saturated heterocycles. The summed E-state index contributed by atoms with van der Waals surface area (Å²) in [7, 11) is 0. The summed E-state index contributed by atoms with van der Waals surface area (Å²) in [6.45, 7) is 4.44. The second kappa shape index (κ2) is 6.41. The minimum Gasteiger partial charge on any atom is -0.431 e. The van der Waals surface area contributed by atoms with Crippen molar-refractivity contribution in [1.29, 1.82) is 0 Å². The zero-order valence-corrected chi connectivity index (χ0v) is 17.5. The molecule has 4 aliphatic carbocycles. The zero-order chi connectivity index (χ0) is 20.6. The maximum Gasteiger partial charge on any atom is 0.335 e. The minimum absolute atomic E-state index is 0.174. The van der Waals surface area contributed by atoms with Crippen LogP contribution < -0.4 is 5.63 Å². The van der Waals surface area contributed by atoms with Gasteiger partial charge in [0.1, 0.15) is 0 Å². The summed E-state index contributed by atoms with van der Waals surface area (Å²) in [6, 6.07) is 3.35. The first-order valence-corrected chi connectivity index (χ1v) is 11.4. The minimum atomic E-state index is -0.763. The maximum atomic E-state index is 12.2. The third kappa shape index (κ3) is 2.53. The van der Waals surface area contributed by atoms with Crippen LogP contribution in [0, 0.1) is 28.6 Å². The van der Waals surface area contributed by atoms with Crippen LogP contribution in [0.5, 0.6) is 0 Å². The molecular weight excluding hydrogens is 368 g/mol. The van der Waals surface area contributed by atoms with Gasteiger partial charge in [-0.25, -0.2) is 4.79 Å². The lowest BCUT2D eigenvalue weighted by atomic mass is 9.42. The van der Waals surface area contributed by atoms with Gasteiger partial charge in [0.05, 0.1) is 24.1 Å². The lowest BCUT2D eigenvalue weighted by Gasteiger charge is -2.64. The molecule has 0 radical (unpaired) electrons. The van der Waals surface area contributed by atoms with Crippen LogP contribution in [0.2, 0.25) is 0 Å². The van der Waals surface area contributed by atoms with Crippen LogP contribution in [0.4, 0.5) is 0 Å². The van der Waals surface area contributed by atoms with Gasteiger partial charge in [0, 0.05) is 11.5 Å². The molecule has 4 saturated carbocycles. The standard InChI is InChI=1S/C24H34O5/c1-22-9-7-18-19(5-4-15-11-16(25)12-20(26)23(15,18)2)24(22,28)10-8-17(22)14-3-6-21(27)29-13-14/h3,6,13,15-20,25-26,28H,4-5,7-12H2,1-2H3/t15-,16-,17-,18+,19-,20?,22-,23+,24+/m1/s1. The van der Waals surface area contributed by atoms with Gasteiger partial charge in [0.2, 0.25) is 0 Å². The van der Waals surface area contributed by atoms with Crippen molar-refractivity contribution in [3.05, 3.63) is 34.4 Å². The molecule has 4 aliphatic rings. The predicted molar refractivity (Wildman–Crippen MR) is 108 cm³/mol. The molecule has 0 amide bonds. The van der Waals surface area contributed by atoms with Crippen LogP contribution >= 0.6 is 0 Å². The summed E-state index contributed by atoms with van der Waals surface area (Å²) in [5.41, 5.74) is -0.564. The van der Waals surface area contributed by atoms with E-state index in [1.165, 1.54) is 6.07 Å². The molecule has 9 atom stereocenters. The number of aliphatic hydroxyl groups excluding tert-OH is 2. The highest BCUT2D eigenvalue weighted by Crippen LogP contribution is 2.70. The fourth-order valence-electron chi connectivity index (χ4n) is 8.37. The van der Waals surface area contributed by atoms with Crippen LogP contribution in [0.25, 0.3) is 0 Å². The second-order valence-corrected chi connectivity index (χ2v) is 10.9. The molecule has 0 spiro atoms. The van der Waals surface area contributed by atoms with E-state index in [2.05, 4.69) is 13.8 Å². The molecule has 4 fully saturated rings. The predicted octanol–water partition coefficient (Wildman–Crippen LogP) is 3.21. The molecule has 160 valence electrons. The first-order chi connectivity index (χ1) is 13.7. The average molecular weight is 403 g/mol. The van der Waals surface area contributed by atoms with Crippen LogP contribution in [0.1, 0.15) is 76.7 Å². The fourth-order valence-corrected chi connectivity index (χ4v) is 8.37. The van der Waals surface area contributed by atoms with Crippen molar-refractivity contribution in [2.24, 2.45) is 28.6 Å². The van der Waals surface area contributed by atoms with Crippen molar-refractivity contribution in [3.8, 4) is 0 Å². The van der Waals surface area contributed by atoms with E-state index in [0.29, 0.717) is 12.3 Å². The van der Waals surface area contributed by atoms with Crippen LogP contribution in [-0.2, 0) is 0 Å². The SMILES string of the molecule is C[C@]12C(O)C[C@H](O)C[C@H]1CC[C@@H]1[C@@H]2CC[C@]2(C)[C@@H](c3ccc(=O)oc3)CC[C@]12O. The Kier molecular flexibility index (Phi) is 4.37. The van der Waals surface area contributed by atoms with E-state index < -0.39 is 17.8 Å². The zero-order valence-electron chi connectivity index (χ0n) is 17.5. The van der Waals surface area contributed by atoms with Crippen molar-refractivity contribution in [3.63, 3.8) is 0 Å². The van der Waals surface area contributed by atoms with Gasteiger partial charge in [-0.15, -0.1) is 0 Å². The van der Waals surface area contributed by atoms with E-state index in [1.54, 1.807) is 6.26 Å². The first-order valence-electron chi connectivity index (χ1n) is 11.4. The molecular formula is C24H34O5. The quantitative estimate of drug-likeness (QED) is 0.671. The molecule has 5 heteroatoms. The molecule has 0 bridgehead atoms. The van der Waals surface area contributed by atoms with Crippen LogP contribution in [-0.4, -0.2) is 33.1 Å². The normalized spacial score (nSPS) is 51.8. The van der Waals surface area contributed by atoms with Gasteiger partial charge < -0.3 is 19.7 Å². The summed E-state index contributed by atoms with van der Waals surface area (Å²) in [6.07, 6.45) is 7.40. The van der Waals surface area contributed by atoms with Crippen LogP contribution in [0.3, 0.4) is 0 Å². The Morgan fingerprint density at radius 1 is 1.00 bits per heavy atom.